The largest absolute Gasteiger partial charge is 0.306 e. The summed E-state index contributed by atoms with van der Waals surface area (Å²) in [6, 6.07) is 0.718. The zero-order chi connectivity index (χ0) is 7.28. The maximum atomic E-state index is 2.25. The van der Waals surface area contributed by atoms with E-state index in [4.69, 9.17) is 0 Å². The molecule has 1 atom stereocenters. The van der Waals surface area contributed by atoms with Crippen LogP contribution in [-0.4, -0.2) is 36.5 Å². The van der Waals surface area contributed by atoms with Crippen molar-refractivity contribution in [2.45, 2.75) is 19.9 Å². The molecular formula is C7H17NS. The zero-order valence-corrected chi connectivity index (χ0v) is 7.66. The van der Waals surface area contributed by atoms with Gasteiger partial charge in [0.05, 0.1) is 0 Å². The summed E-state index contributed by atoms with van der Waals surface area (Å²) in [5, 5.41) is 0. The Morgan fingerprint density at radius 3 is 2.33 bits per heavy atom. The second-order valence-corrected chi connectivity index (χ2v) is 3.79. The van der Waals surface area contributed by atoms with Gasteiger partial charge >= 0.3 is 0 Å². The van der Waals surface area contributed by atoms with E-state index in [0.29, 0.717) is 0 Å². The van der Waals surface area contributed by atoms with E-state index in [0.717, 1.165) is 6.04 Å². The highest BCUT2D eigenvalue weighted by molar-refractivity contribution is 7.99. The van der Waals surface area contributed by atoms with Gasteiger partial charge in [0.25, 0.3) is 0 Å². The van der Waals surface area contributed by atoms with Crippen LogP contribution in [0.2, 0.25) is 0 Å². The molecule has 1 nitrogen and oxygen atoms in total. The summed E-state index contributed by atoms with van der Waals surface area (Å²) < 4.78 is 0. The van der Waals surface area contributed by atoms with Crippen molar-refractivity contribution in [1.82, 2.24) is 4.90 Å². The number of thioether (sulfide) groups is 1. The molecule has 0 aromatic rings. The first-order chi connectivity index (χ1) is 4.18. The topological polar surface area (TPSA) is 3.24 Å². The smallest absolute Gasteiger partial charge is 0.0151 e. The monoisotopic (exact) mass is 147 g/mol. The van der Waals surface area contributed by atoms with Gasteiger partial charge in [-0.15, -0.1) is 0 Å². The minimum Gasteiger partial charge on any atom is -0.306 e. The SMILES string of the molecule is CCSC[C@H](C)N(C)C. The molecule has 0 saturated carbocycles. The van der Waals surface area contributed by atoms with E-state index in [1.165, 1.54) is 11.5 Å². The fourth-order valence-electron chi connectivity index (χ4n) is 0.437. The van der Waals surface area contributed by atoms with Gasteiger partial charge in [-0.1, -0.05) is 6.92 Å². The van der Waals surface area contributed by atoms with Crippen LogP contribution < -0.4 is 0 Å². The predicted octanol–water partition coefficient (Wildman–Crippen LogP) is 1.69. The lowest BCUT2D eigenvalue weighted by Crippen LogP contribution is -2.26. The second-order valence-electron chi connectivity index (χ2n) is 2.47. The van der Waals surface area contributed by atoms with Gasteiger partial charge in [-0.25, -0.2) is 0 Å². The fourth-order valence-corrected chi connectivity index (χ4v) is 1.31. The average molecular weight is 147 g/mol. The van der Waals surface area contributed by atoms with Crippen molar-refractivity contribution in [3.05, 3.63) is 0 Å². The minimum atomic E-state index is 0.718. The molecule has 0 unspecified atom stereocenters. The van der Waals surface area contributed by atoms with E-state index in [1.807, 2.05) is 11.8 Å². The van der Waals surface area contributed by atoms with Crippen LogP contribution in [0, 0.1) is 0 Å². The normalized spacial score (nSPS) is 14.3. The average Bonchev–Trinajstić information content (AvgIpc) is 1.82. The Balaban J connectivity index is 3.16. The highest BCUT2D eigenvalue weighted by Crippen LogP contribution is 2.04. The Morgan fingerprint density at radius 2 is 2.00 bits per heavy atom. The van der Waals surface area contributed by atoms with Crippen LogP contribution in [0.4, 0.5) is 0 Å². The first kappa shape index (κ1) is 9.31. The Bertz CT molecular complexity index is 63.9. The van der Waals surface area contributed by atoms with E-state index in [-0.39, 0.29) is 0 Å². The maximum Gasteiger partial charge on any atom is 0.0151 e. The molecule has 0 heterocycles. The number of hydrogen-bond donors (Lipinski definition) is 0. The first-order valence-corrected chi connectivity index (χ1v) is 4.58. The van der Waals surface area contributed by atoms with Crippen molar-refractivity contribution < 1.29 is 0 Å². The molecule has 0 N–H and O–H groups in total. The second kappa shape index (κ2) is 5.12. The molecule has 0 aliphatic carbocycles. The van der Waals surface area contributed by atoms with E-state index >= 15 is 0 Å². The quantitative estimate of drug-likeness (QED) is 0.595. The van der Waals surface area contributed by atoms with Crippen molar-refractivity contribution in [2.75, 3.05) is 25.6 Å². The number of hydrogen-bond acceptors (Lipinski definition) is 2. The van der Waals surface area contributed by atoms with Gasteiger partial charge in [0.2, 0.25) is 0 Å². The summed E-state index contributed by atoms with van der Waals surface area (Å²) in [6.45, 7) is 4.45. The van der Waals surface area contributed by atoms with Gasteiger partial charge in [-0.3, -0.25) is 0 Å². The van der Waals surface area contributed by atoms with E-state index < -0.39 is 0 Å². The van der Waals surface area contributed by atoms with Crippen molar-refractivity contribution >= 4 is 11.8 Å². The summed E-state index contributed by atoms with van der Waals surface area (Å²) in [6.07, 6.45) is 0. The lowest BCUT2D eigenvalue weighted by Gasteiger charge is -2.18. The van der Waals surface area contributed by atoms with Crippen LogP contribution in [0.5, 0.6) is 0 Å². The van der Waals surface area contributed by atoms with Gasteiger partial charge in [0.15, 0.2) is 0 Å². The third-order valence-corrected chi connectivity index (χ3v) is 2.57. The molecule has 0 aliphatic heterocycles. The molecule has 0 saturated heterocycles. The van der Waals surface area contributed by atoms with Crippen molar-refractivity contribution in [2.24, 2.45) is 0 Å². The Morgan fingerprint density at radius 1 is 1.44 bits per heavy atom. The first-order valence-electron chi connectivity index (χ1n) is 3.42. The third-order valence-electron chi connectivity index (χ3n) is 1.44. The highest BCUT2D eigenvalue weighted by atomic mass is 32.2. The van der Waals surface area contributed by atoms with Crippen LogP contribution in [0.15, 0.2) is 0 Å². The van der Waals surface area contributed by atoms with Crippen LogP contribution >= 0.6 is 11.8 Å². The Labute approximate surface area is 62.8 Å². The fraction of sp³-hybridized carbons (Fsp3) is 1.00. The molecular weight excluding hydrogens is 130 g/mol. The van der Waals surface area contributed by atoms with Gasteiger partial charge in [-0.05, 0) is 26.8 Å². The molecule has 0 rings (SSSR count). The lowest BCUT2D eigenvalue weighted by atomic mass is 10.4. The van der Waals surface area contributed by atoms with Crippen LogP contribution in [0.3, 0.4) is 0 Å². The van der Waals surface area contributed by atoms with Gasteiger partial charge in [-0.2, -0.15) is 11.8 Å². The van der Waals surface area contributed by atoms with Crippen molar-refractivity contribution in [3.8, 4) is 0 Å². The summed E-state index contributed by atoms with van der Waals surface area (Å²) in [7, 11) is 4.25. The Hall–Kier alpha value is 0.310. The third kappa shape index (κ3) is 4.79. The molecule has 0 aromatic carbocycles. The van der Waals surface area contributed by atoms with Gasteiger partial charge in [0.1, 0.15) is 0 Å². The standard InChI is InChI=1S/C7H17NS/c1-5-9-6-7(2)8(3)4/h7H,5-6H2,1-4H3/t7-/m0/s1. The van der Waals surface area contributed by atoms with Gasteiger partial charge in [0, 0.05) is 11.8 Å². The molecule has 0 fully saturated rings. The maximum absolute atomic E-state index is 2.25. The minimum absolute atomic E-state index is 0.718. The van der Waals surface area contributed by atoms with Crippen molar-refractivity contribution in [3.63, 3.8) is 0 Å². The lowest BCUT2D eigenvalue weighted by molar-refractivity contribution is 0.340. The molecule has 0 amide bonds. The Kier molecular flexibility index (Phi) is 5.30. The molecule has 2 heteroatoms. The summed E-state index contributed by atoms with van der Waals surface area (Å²) in [4.78, 5) is 2.25. The summed E-state index contributed by atoms with van der Waals surface area (Å²) in [5.74, 6) is 2.49. The molecule has 0 aliphatic rings. The predicted molar refractivity (Wildman–Crippen MR) is 46.1 cm³/mol. The van der Waals surface area contributed by atoms with Crippen LogP contribution in [0.1, 0.15) is 13.8 Å². The van der Waals surface area contributed by atoms with E-state index in [9.17, 15) is 0 Å². The van der Waals surface area contributed by atoms with Crippen LogP contribution in [-0.2, 0) is 0 Å². The van der Waals surface area contributed by atoms with E-state index in [2.05, 4.69) is 32.8 Å². The molecule has 0 radical (unpaired) electrons. The molecule has 0 aromatic heterocycles. The van der Waals surface area contributed by atoms with Gasteiger partial charge < -0.3 is 4.90 Å². The highest BCUT2D eigenvalue weighted by Gasteiger charge is 2.01. The van der Waals surface area contributed by atoms with Crippen molar-refractivity contribution in [1.29, 1.82) is 0 Å². The molecule has 0 spiro atoms. The molecule has 9 heavy (non-hydrogen) atoms. The summed E-state index contributed by atoms with van der Waals surface area (Å²) >= 11 is 2.00. The zero-order valence-electron chi connectivity index (χ0n) is 6.85. The molecule has 56 valence electrons. The summed E-state index contributed by atoms with van der Waals surface area (Å²) in [5.41, 5.74) is 0. The van der Waals surface area contributed by atoms with Crippen LogP contribution in [0.25, 0.3) is 0 Å². The number of rotatable bonds is 4. The van der Waals surface area contributed by atoms with E-state index in [1.54, 1.807) is 0 Å². The molecule has 0 bridgehead atoms. The number of nitrogens with zero attached hydrogens (tertiary/aromatic N) is 1.